The largest absolute Gasteiger partial charge is 0.443 e. The lowest BCUT2D eigenvalue weighted by Gasteiger charge is -2.40. The van der Waals surface area contributed by atoms with E-state index in [1.54, 1.807) is 4.90 Å². The van der Waals surface area contributed by atoms with Crippen molar-refractivity contribution in [3.63, 3.8) is 0 Å². The van der Waals surface area contributed by atoms with Crippen molar-refractivity contribution in [3.8, 4) is 0 Å². The highest BCUT2D eigenvalue weighted by Gasteiger charge is 2.39. The Morgan fingerprint density at radius 2 is 1.71 bits per heavy atom. The van der Waals surface area contributed by atoms with E-state index >= 15 is 0 Å². The summed E-state index contributed by atoms with van der Waals surface area (Å²) in [5.41, 5.74) is 2.04. The van der Waals surface area contributed by atoms with Crippen LogP contribution < -0.4 is 4.90 Å². The standard InChI is InChI=1S/C20H23NO3/c1-20(2,3)24-19(23)21-16-12-8-7-11-15(16)13-17(22)18(21)14-9-5-4-6-10-14/h4-12,17-18,22H,13H2,1-3H3. The van der Waals surface area contributed by atoms with Crippen LogP contribution in [0.5, 0.6) is 0 Å². The van der Waals surface area contributed by atoms with Gasteiger partial charge in [0.2, 0.25) is 0 Å². The molecule has 0 aliphatic carbocycles. The Balaban J connectivity index is 2.08. The molecule has 1 amide bonds. The monoisotopic (exact) mass is 325 g/mol. The Labute approximate surface area is 142 Å². The lowest BCUT2D eigenvalue weighted by molar-refractivity contribution is 0.0495. The average molecular weight is 325 g/mol. The zero-order valence-corrected chi connectivity index (χ0v) is 14.3. The van der Waals surface area contributed by atoms with Gasteiger partial charge < -0.3 is 9.84 Å². The summed E-state index contributed by atoms with van der Waals surface area (Å²) < 4.78 is 5.61. The average Bonchev–Trinajstić information content (AvgIpc) is 2.52. The lowest BCUT2D eigenvalue weighted by atomic mass is 9.89. The molecule has 2 atom stereocenters. The molecule has 0 radical (unpaired) electrons. The van der Waals surface area contributed by atoms with E-state index in [1.807, 2.05) is 75.4 Å². The van der Waals surface area contributed by atoms with Crippen molar-refractivity contribution in [2.75, 3.05) is 4.90 Å². The SMILES string of the molecule is CC(C)(C)OC(=O)N1c2ccccc2CC(O)C1c1ccccc1. The smallest absolute Gasteiger partial charge is 0.415 e. The number of benzene rings is 2. The summed E-state index contributed by atoms with van der Waals surface area (Å²) >= 11 is 0. The minimum absolute atomic E-state index is 0.442. The third-order valence-corrected chi connectivity index (χ3v) is 4.05. The summed E-state index contributed by atoms with van der Waals surface area (Å²) in [7, 11) is 0. The zero-order chi connectivity index (χ0) is 17.3. The van der Waals surface area contributed by atoms with Crippen molar-refractivity contribution in [2.45, 2.75) is 44.9 Å². The molecular formula is C20H23NO3. The van der Waals surface area contributed by atoms with Crippen LogP contribution >= 0.6 is 0 Å². The number of hydrogen-bond donors (Lipinski definition) is 1. The first kappa shape index (κ1) is 16.5. The summed E-state index contributed by atoms with van der Waals surface area (Å²) in [6, 6.07) is 16.8. The summed E-state index contributed by atoms with van der Waals surface area (Å²) in [5.74, 6) is 0. The van der Waals surface area contributed by atoms with Gasteiger partial charge in [-0.3, -0.25) is 4.90 Å². The van der Waals surface area contributed by atoms with Crippen LogP contribution in [0.2, 0.25) is 0 Å². The van der Waals surface area contributed by atoms with Gasteiger partial charge in [-0.2, -0.15) is 0 Å². The van der Waals surface area contributed by atoms with Crippen LogP contribution in [0.1, 0.15) is 37.9 Å². The number of aliphatic hydroxyl groups excluding tert-OH is 1. The molecule has 2 aromatic carbocycles. The molecule has 24 heavy (non-hydrogen) atoms. The van der Waals surface area contributed by atoms with Crippen LogP contribution in [-0.4, -0.2) is 22.9 Å². The maximum atomic E-state index is 12.9. The van der Waals surface area contributed by atoms with E-state index in [-0.39, 0.29) is 0 Å². The van der Waals surface area contributed by atoms with Gasteiger partial charge in [-0.25, -0.2) is 4.79 Å². The Bertz CT molecular complexity index is 721. The van der Waals surface area contributed by atoms with Crippen LogP contribution in [-0.2, 0) is 11.2 Å². The van der Waals surface area contributed by atoms with Crippen LogP contribution in [0.3, 0.4) is 0 Å². The molecule has 0 aromatic heterocycles. The first-order chi connectivity index (χ1) is 11.4. The number of anilines is 1. The molecule has 0 spiro atoms. The Kier molecular flexibility index (Phi) is 4.33. The van der Waals surface area contributed by atoms with Gasteiger partial charge in [0.05, 0.1) is 17.8 Å². The molecule has 126 valence electrons. The van der Waals surface area contributed by atoms with Crippen LogP contribution in [0.25, 0.3) is 0 Å². The molecule has 0 saturated carbocycles. The van der Waals surface area contributed by atoms with E-state index in [4.69, 9.17) is 4.74 Å². The van der Waals surface area contributed by atoms with Crippen LogP contribution in [0.4, 0.5) is 10.5 Å². The highest BCUT2D eigenvalue weighted by atomic mass is 16.6. The highest BCUT2D eigenvalue weighted by molar-refractivity contribution is 5.90. The maximum absolute atomic E-state index is 12.9. The van der Waals surface area contributed by atoms with Crippen molar-refractivity contribution >= 4 is 11.8 Å². The molecule has 3 rings (SSSR count). The number of amides is 1. The summed E-state index contributed by atoms with van der Waals surface area (Å²) in [6.07, 6.45) is -0.618. The molecule has 0 saturated heterocycles. The summed E-state index contributed by atoms with van der Waals surface area (Å²) in [4.78, 5) is 14.5. The molecule has 0 fully saturated rings. The van der Waals surface area contributed by atoms with Crippen molar-refractivity contribution < 1.29 is 14.6 Å². The zero-order valence-electron chi connectivity index (χ0n) is 14.3. The molecule has 4 heteroatoms. The molecular weight excluding hydrogens is 302 g/mol. The second kappa shape index (κ2) is 6.29. The Morgan fingerprint density at radius 3 is 2.38 bits per heavy atom. The van der Waals surface area contributed by atoms with Gasteiger partial charge in [0.15, 0.2) is 0 Å². The van der Waals surface area contributed by atoms with Gasteiger partial charge >= 0.3 is 6.09 Å². The predicted molar refractivity (Wildman–Crippen MR) is 94.0 cm³/mol. The Hall–Kier alpha value is -2.33. The summed E-state index contributed by atoms with van der Waals surface area (Å²) in [6.45, 7) is 5.53. The first-order valence-corrected chi connectivity index (χ1v) is 8.20. The number of nitrogens with zero attached hydrogens (tertiary/aromatic N) is 1. The topological polar surface area (TPSA) is 49.8 Å². The number of rotatable bonds is 1. The first-order valence-electron chi connectivity index (χ1n) is 8.20. The highest BCUT2D eigenvalue weighted by Crippen LogP contribution is 2.39. The van der Waals surface area contributed by atoms with Crippen LogP contribution in [0.15, 0.2) is 54.6 Å². The van der Waals surface area contributed by atoms with Gasteiger partial charge in [-0.05, 0) is 38.0 Å². The number of carbonyl (C=O) groups excluding carboxylic acids is 1. The number of fused-ring (bicyclic) bond motifs is 1. The van der Waals surface area contributed by atoms with Gasteiger partial charge in [-0.1, -0.05) is 48.5 Å². The fourth-order valence-electron chi connectivity index (χ4n) is 3.12. The predicted octanol–water partition coefficient (Wildman–Crippen LogP) is 4.09. The van der Waals surface area contributed by atoms with Gasteiger partial charge in [0.1, 0.15) is 5.60 Å². The number of para-hydroxylation sites is 1. The fraction of sp³-hybridized carbons (Fsp3) is 0.350. The van der Waals surface area contributed by atoms with E-state index in [9.17, 15) is 9.90 Å². The minimum atomic E-state index is -0.685. The van der Waals surface area contributed by atoms with Gasteiger partial charge in [-0.15, -0.1) is 0 Å². The number of hydrogen-bond acceptors (Lipinski definition) is 3. The van der Waals surface area contributed by atoms with E-state index < -0.39 is 23.8 Å². The molecule has 1 N–H and O–H groups in total. The third kappa shape index (κ3) is 3.29. The van der Waals surface area contributed by atoms with Crippen molar-refractivity contribution in [1.29, 1.82) is 0 Å². The van der Waals surface area contributed by atoms with Gasteiger partial charge in [0, 0.05) is 6.42 Å². The fourth-order valence-corrected chi connectivity index (χ4v) is 3.12. The molecule has 4 nitrogen and oxygen atoms in total. The second-order valence-corrected chi connectivity index (χ2v) is 7.11. The number of aliphatic hydroxyl groups is 1. The summed E-state index contributed by atoms with van der Waals surface area (Å²) in [5, 5.41) is 10.7. The van der Waals surface area contributed by atoms with Gasteiger partial charge in [0.25, 0.3) is 0 Å². The molecule has 1 heterocycles. The molecule has 1 aliphatic heterocycles. The van der Waals surface area contributed by atoms with Crippen molar-refractivity contribution in [2.24, 2.45) is 0 Å². The molecule has 1 aliphatic rings. The minimum Gasteiger partial charge on any atom is -0.443 e. The van der Waals surface area contributed by atoms with E-state index in [1.165, 1.54) is 0 Å². The van der Waals surface area contributed by atoms with Crippen LogP contribution in [0, 0.1) is 0 Å². The number of carbonyl (C=O) groups is 1. The molecule has 2 unspecified atom stereocenters. The second-order valence-electron chi connectivity index (χ2n) is 7.11. The van der Waals surface area contributed by atoms with Crippen molar-refractivity contribution in [3.05, 3.63) is 65.7 Å². The van der Waals surface area contributed by atoms with Crippen molar-refractivity contribution in [1.82, 2.24) is 0 Å². The van der Waals surface area contributed by atoms with E-state index in [0.29, 0.717) is 6.42 Å². The third-order valence-electron chi connectivity index (χ3n) is 4.05. The Morgan fingerprint density at radius 1 is 1.08 bits per heavy atom. The normalized spacial score (nSPS) is 20.4. The lowest BCUT2D eigenvalue weighted by Crippen LogP contribution is -2.47. The molecule has 0 bridgehead atoms. The maximum Gasteiger partial charge on any atom is 0.415 e. The van der Waals surface area contributed by atoms with E-state index in [2.05, 4.69) is 0 Å². The number of ether oxygens (including phenoxy) is 1. The molecule has 2 aromatic rings. The van der Waals surface area contributed by atoms with E-state index in [0.717, 1.165) is 16.8 Å². The quantitative estimate of drug-likeness (QED) is 0.859.